The SMILES string of the molecule is CN(C)[C@@H]1CCc2[nH]c3ccc(Br)cc3c2C1.I. The highest BCUT2D eigenvalue weighted by molar-refractivity contribution is 14.0. The summed E-state index contributed by atoms with van der Waals surface area (Å²) in [5.74, 6) is 0. The fraction of sp³-hybridized carbons (Fsp3) is 0.429. The molecular formula is C14H18BrIN2. The van der Waals surface area contributed by atoms with Gasteiger partial charge in [-0.15, -0.1) is 24.0 Å². The quantitative estimate of drug-likeness (QED) is 0.691. The van der Waals surface area contributed by atoms with Gasteiger partial charge in [-0.2, -0.15) is 0 Å². The van der Waals surface area contributed by atoms with Crippen LogP contribution in [0.3, 0.4) is 0 Å². The van der Waals surface area contributed by atoms with Crippen LogP contribution in [-0.4, -0.2) is 30.0 Å². The Labute approximate surface area is 133 Å². The summed E-state index contributed by atoms with van der Waals surface area (Å²) in [6.07, 6.45) is 3.59. The van der Waals surface area contributed by atoms with Crippen molar-refractivity contribution in [3.8, 4) is 0 Å². The molecule has 1 aliphatic carbocycles. The molecule has 18 heavy (non-hydrogen) atoms. The van der Waals surface area contributed by atoms with Crippen LogP contribution in [0.1, 0.15) is 17.7 Å². The molecule has 0 unspecified atom stereocenters. The zero-order valence-electron chi connectivity index (χ0n) is 10.7. The number of nitrogens with one attached hydrogen (secondary N) is 1. The standard InChI is InChI=1S/C14H17BrN2.HI/c1-17(2)10-4-6-14-12(8-10)11-7-9(15)3-5-13(11)16-14;/h3,5,7,10,16H,4,6,8H2,1-2H3;1H/t10-;/m1./s1. The van der Waals surface area contributed by atoms with Gasteiger partial charge < -0.3 is 9.88 Å². The lowest BCUT2D eigenvalue weighted by atomic mass is 9.91. The van der Waals surface area contributed by atoms with Crippen molar-refractivity contribution in [1.82, 2.24) is 9.88 Å². The van der Waals surface area contributed by atoms with E-state index in [9.17, 15) is 0 Å². The van der Waals surface area contributed by atoms with E-state index in [2.05, 4.69) is 58.1 Å². The number of halogens is 2. The summed E-state index contributed by atoms with van der Waals surface area (Å²) < 4.78 is 1.17. The number of nitrogens with zero attached hydrogens (tertiary/aromatic N) is 1. The molecule has 0 spiro atoms. The molecule has 2 nitrogen and oxygen atoms in total. The van der Waals surface area contributed by atoms with Crippen LogP contribution < -0.4 is 0 Å². The summed E-state index contributed by atoms with van der Waals surface area (Å²) in [4.78, 5) is 5.91. The molecule has 3 rings (SSSR count). The lowest BCUT2D eigenvalue weighted by Crippen LogP contribution is -2.33. The average Bonchev–Trinajstić information content (AvgIpc) is 2.66. The molecule has 0 saturated heterocycles. The minimum Gasteiger partial charge on any atom is -0.358 e. The van der Waals surface area contributed by atoms with E-state index in [0.29, 0.717) is 6.04 Å². The molecule has 98 valence electrons. The van der Waals surface area contributed by atoms with E-state index in [0.717, 1.165) is 0 Å². The highest BCUT2D eigenvalue weighted by Crippen LogP contribution is 2.31. The third-order valence-corrected chi connectivity index (χ3v) is 4.35. The number of H-pyrrole nitrogens is 1. The molecule has 0 aliphatic heterocycles. The lowest BCUT2D eigenvalue weighted by molar-refractivity contribution is 0.268. The van der Waals surface area contributed by atoms with Gasteiger partial charge in [0.25, 0.3) is 0 Å². The van der Waals surface area contributed by atoms with E-state index >= 15 is 0 Å². The van der Waals surface area contributed by atoms with Gasteiger partial charge in [-0.25, -0.2) is 0 Å². The summed E-state index contributed by atoms with van der Waals surface area (Å²) >= 11 is 3.56. The first-order valence-corrected chi connectivity index (χ1v) is 6.90. The summed E-state index contributed by atoms with van der Waals surface area (Å²) in [5, 5.41) is 1.39. The monoisotopic (exact) mass is 420 g/mol. The van der Waals surface area contributed by atoms with Crippen molar-refractivity contribution < 1.29 is 0 Å². The second-order valence-electron chi connectivity index (χ2n) is 5.13. The van der Waals surface area contributed by atoms with E-state index in [1.165, 1.54) is 45.9 Å². The Balaban J connectivity index is 0.00000120. The molecule has 1 aromatic heterocycles. The van der Waals surface area contributed by atoms with Gasteiger partial charge in [-0.1, -0.05) is 15.9 Å². The minimum absolute atomic E-state index is 0. The average molecular weight is 421 g/mol. The summed E-state index contributed by atoms with van der Waals surface area (Å²) in [7, 11) is 4.36. The molecule has 4 heteroatoms. The third kappa shape index (κ3) is 2.47. The van der Waals surface area contributed by atoms with E-state index in [1.807, 2.05) is 0 Å². The van der Waals surface area contributed by atoms with Crippen LogP contribution in [0.2, 0.25) is 0 Å². The Bertz CT molecular complexity index is 562. The Morgan fingerprint density at radius 2 is 2.11 bits per heavy atom. The maximum Gasteiger partial charge on any atom is 0.0459 e. The minimum atomic E-state index is 0. The molecule has 1 aliphatic rings. The fourth-order valence-corrected chi connectivity index (χ4v) is 3.17. The molecule has 0 bridgehead atoms. The van der Waals surface area contributed by atoms with Crippen molar-refractivity contribution in [2.75, 3.05) is 14.1 Å². The van der Waals surface area contributed by atoms with Crippen molar-refractivity contribution >= 4 is 50.8 Å². The normalized spacial score (nSPS) is 18.8. The zero-order chi connectivity index (χ0) is 12.0. The smallest absolute Gasteiger partial charge is 0.0459 e. The van der Waals surface area contributed by atoms with Gasteiger partial charge in [0.15, 0.2) is 0 Å². The number of rotatable bonds is 1. The van der Waals surface area contributed by atoms with Crippen LogP contribution in [0.4, 0.5) is 0 Å². The predicted molar refractivity (Wildman–Crippen MR) is 90.9 cm³/mol. The molecule has 1 N–H and O–H groups in total. The topological polar surface area (TPSA) is 19.0 Å². The first kappa shape index (κ1) is 14.3. The number of aromatic nitrogens is 1. The Kier molecular flexibility index (Phi) is 4.39. The molecule has 1 heterocycles. The molecule has 0 amide bonds. The molecule has 0 saturated carbocycles. The van der Waals surface area contributed by atoms with Gasteiger partial charge in [0.05, 0.1) is 0 Å². The Morgan fingerprint density at radius 1 is 1.33 bits per heavy atom. The van der Waals surface area contributed by atoms with Crippen molar-refractivity contribution in [3.63, 3.8) is 0 Å². The van der Waals surface area contributed by atoms with E-state index in [4.69, 9.17) is 0 Å². The maximum atomic E-state index is 3.56. The van der Waals surface area contributed by atoms with E-state index < -0.39 is 0 Å². The van der Waals surface area contributed by atoms with Crippen LogP contribution in [0.25, 0.3) is 10.9 Å². The Hall–Kier alpha value is -0.0700. The molecule has 1 aromatic carbocycles. The van der Waals surface area contributed by atoms with Crippen molar-refractivity contribution in [3.05, 3.63) is 33.9 Å². The third-order valence-electron chi connectivity index (χ3n) is 3.85. The van der Waals surface area contributed by atoms with Crippen molar-refractivity contribution in [2.24, 2.45) is 0 Å². The molecule has 0 radical (unpaired) electrons. The molecule has 1 atom stereocenters. The van der Waals surface area contributed by atoms with Crippen LogP contribution in [-0.2, 0) is 12.8 Å². The van der Waals surface area contributed by atoms with Gasteiger partial charge >= 0.3 is 0 Å². The van der Waals surface area contributed by atoms with Crippen molar-refractivity contribution in [2.45, 2.75) is 25.3 Å². The van der Waals surface area contributed by atoms with Crippen LogP contribution in [0, 0.1) is 0 Å². The maximum absolute atomic E-state index is 3.56. The summed E-state index contributed by atoms with van der Waals surface area (Å²) in [6, 6.07) is 7.19. The van der Waals surface area contributed by atoms with Gasteiger partial charge in [0.1, 0.15) is 0 Å². The number of aromatic amines is 1. The first-order chi connectivity index (χ1) is 8.15. The summed E-state index contributed by atoms with van der Waals surface area (Å²) in [5.41, 5.74) is 4.24. The second kappa shape index (κ2) is 5.51. The number of hydrogen-bond donors (Lipinski definition) is 1. The van der Waals surface area contributed by atoms with Gasteiger partial charge in [-0.05, 0) is 57.1 Å². The molecule has 2 aromatic rings. The first-order valence-electron chi connectivity index (χ1n) is 6.10. The number of fused-ring (bicyclic) bond motifs is 3. The van der Waals surface area contributed by atoms with E-state index in [-0.39, 0.29) is 24.0 Å². The van der Waals surface area contributed by atoms with Crippen molar-refractivity contribution in [1.29, 1.82) is 0 Å². The number of benzene rings is 1. The largest absolute Gasteiger partial charge is 0.358 e. The lowest BCUT2D eigenvalue weighted by Gasteiger charge is -2.28. The fourth-order valence-electron chi connectivity index (χ4n) is 2.81. The second-order valence-corrected chi connectivity index (χ2v) is 6.05. The zero-order valence-corrected chi connectivity index (χ0v) is 14.6. The highest BCUT2D eigenvalue weighted by atomic mass is 127. The number of aryl methyl sites for hydroxylation is 1. The summed E-state index contributed by atoms with van der Waals surface area (Å²) in [6.45, 7) is 0. The van der Waals surface area contributed by atoms with E-state index in [1.54, 1.807) is 0 Å². The number of hydrogen-bond acceptors (Lipinski definition) is 1. The molecule has 0 fully saturated rings. The highest BCUT2D eigenvalue weighted by Gasteiger charge is 2.23. The predicted octanol–water partition coefficient (Wildman–Crippen LogP) is 3.97. The van der Waals surface area contributed by atoms with Crippen LogP contribution in [0.5, 0.6) is 0 Å². The Morgan fingerprint density at radius 3 is 2.83 bits per heavy atom. The number of likely N-dealkylation sites (N-methyl/N-ethyl adjacent to an activating group) is 1. The van der Waals surface area contributed by atoms with Gasteiger partial charge in [-0.3, -0.25) is 0 Å². The van der Waals surface area contributed by atoms with Crippen LogP contribution >= 0.6 is 39.9 Å². The van der Waals surface area contributed by atoms with Crippen LogP contribution in [0.15, 0.2) is 22.7 Å². The van der Waals surface area contributed by atoms with Gasteiger partial charge in [0.2, 0.25) is 0 Å². The van der Waals surface area contributed by atoms with Gasteiger partial charge in [0, 0.05) is 27.1 Å². The molecular weight excluding hydrogens is 403 g/mol.